The molecule has 176 valence electrons. The number of halogens is 2. The summed E-state index contributed by atoms with van der Waals surface area (Å²) in [7, 11) is 1.72. The molecule has 0 bridgehead atoms. The molecule has 2 N–H and O–H groups in total. The average molecular weight is 575 g/mol. The molecule has 10 heteroatoms. The van der Waals surface area contributed by atoms with Crippen LogP contribution in [0.25, 0.3) is 0 Å². The molecule has 1 saturated heterocycles. The zero-order valence-electron chi connectivity index (χ0n) is 18.8. The van der Waals surface area contributed by atoms with Gasteiger partial charge in [-0.25, -0.2) is 9.37 Å². The summed E-state index contributed by atoms with van der Waals surface area (Å²) < 4.78 is 13.1. The minimum atomic E-state index is -0.235. The average Bonchev–Trinajstić information content (AvgIpc) is 3.26. The summed E-state index contributed by atoms with van der Waals surface area (Å²) >= 11 is 1.64. The first kappa shape index (κ1) is 26.3. The molecule has 2 aromatic rings. The molecule has 0 unspecified atom stereocenters. The molecule has 1 aromatic heterocycles. The third kappa shape index (κ3) is 7.58. The van der Waals surface area contributed by atoms with Crippen LogP contribution in [0.4, 0.5) is 10.1 Å². The smallest absolute Gasteiger partial charge is 0.224 e. The van der Waals surface area contributed by atoms with Gasteiger partial charge in [-0.05, 0) is 30.2 Å². The van der Waals surface area contributed by atoms with Gasteiger partial charge in [0, 0.05) is 57.3 Å². The molecule has 1 fully saturated rings. The van der Waals surface area contributed by atoms with Gasteiger partial charge in [0.1, 0.15) is 10.8 Å². The van der Waals surface area contributed by atoms with E-state index in [9.17, 15) is 9.18 Å². The van der Waals surface area contributed by atoms with Gasteiger partial charge in [-0.1, -0.05) is 13.8 Å². The number of carbonyl (C=O) groups is 1. The number of rotatable bonds is 7. The van der Waals surface area contributed by atoms with E-state index >= 15 is 0 Å². The molecule has 0 atom stereocenters. The number of benzene rings is 1. The molecule has 1 aromatic carbocycles. The van der Waals surface area contributed by atoms with Crippen molar-refractivity contribution in [3.05, 3.63) is 46.2 Å². The maximum absolute atomic E-state index is 13.1. The van der Waals surface area contributed by atoms with Crippen molar-refractivity contribution in [2.45, 2.75) is 32.7 Å². The topological polar surface area (TPSA) is 72.9 Å². The second-order valence-corrected chi connectivity index (χ2v) is 8.71. The molecular weight excluding hydrogens is 542 g/mol. The van der Waals surface area contributed by atoms with Crippen LogP contribution in [0.15, 0.2) is 34.6 Å². The maximum atomic E-state index is 13.1. The maximum Gasteiger partial charge on any atom is 0.224 e. The summed E-state index contributed by atoms with van der Waals surface area (Å²) in [6.45, 7) is 8.23. The van der Waals surface area contributed by atoms with Gasteiger partial charge in [-0.2, -0.15) is 0 Å². The van der Waals surface area contributed by atoms with E-state index in [0.717, 1.165) is 29.5 Å². The monoisotopic (exact) mass is 574 g/mol. The van der Waals surface area contributed by atoms with Crippen LogP contribution in [0, 0.1) is 5.82 Å². The van der Waals surface area contributed by atoms with E-state index in [1.165, 1.54) is 12.1 Å². The second kappa shape index (κ2) is 12.9. The van der Waals surface area contributed by atoms with E-state index in [1.807, 2.05) is 4.90 Å². The van der Waals surface area contributed by atoms with Crippen LogP contribution >= 0.6 is 35.3 Å². The molecule has 0 saturated carbocycles. The number of nitrogens with one attached hydrogen (secondary N) is 2. The summed E-state index contributed by atoms with van der Waals surface area (Å²) in [5.74, 6) is 0.978. The molecule has 32 heavy (non-hydrogen) atoms. The minimum absolute atomic E-state index is 0. The molecule has 0 radical (unpaired) electrons. The van der Waals surface area contributed by atoms with Crippen LogP contribution in [-0.2, 0) is 11.3 Å². The Morgan fingerprint density at radius 3 is 2.47 bits per heavy atom. The van der Waals surface area contributed by atoms with Crippen LogP contribution in [0.5, 0.6) is 0 Å². The summed E-state index contributed by atoms with van der Waals surface area (Å²) in [5, 5.41) is 9.55. The lowest BCUT2D eigenvalue weighted by molar-refractivity contribution is -0.131. The van der Waals surface area contributed by atoms with Crippen molar-refractivity contribution in [1.82, 2.24) is 20.5 Å². The first-order valence-corrected chi connectivity index (χ1v) is 11.5. The van der Waals surface area contributed by atoms with E-state index in [1.54, 1.807) is 30.5 Å². The Morgan fingerprint density at radius 2 is 1.88 bits per heavy atom. The van der Waals surface area contributed by atoms with Crippen LogP contribution in [0.3, 0.4) is 0 Å². The Labute approximate surface area is 210 Å². The van der Waals surface area contributed by atoms with E-state index in [0.29, 0.717) is 44.5 Å². The lowest BCUT2D eigenvalue weighted by Crippen LogP contribution is -2.49. The molecule has 0 spiro atoms. The van der Waals surface area contributed by atoms with Gasteiger partial charge in [0.25, 0.3) is 0 Å². The van der Waals surface area contributed by atoms with Crippen molar-refractivity contribution in [2.75, 3.05) is 44.7 Å². The first-order chi connectivity index (χ1) is 15.0. The SMILES string of the molecule is CN=C(NCCC(=O)N1CCN(c2ccc(F)cc2)CC1)NCc1nc(C(C)C)cs1.I. The van der Waals surface area contributed by atoms with Gasteiger partial charge >= 0.3 is 0 Å². The highest BCUT2D eigenvalue weighted by molar-refractivity contribution is 14.0. The quantitative estimate of drug-likeness (QED) is 0.301. The number of hydrogen-bond acceptors (Lipinski definition) is 5. The van der Waals surface area contributed by atoms with Crippen LogP contribution in [0.1, 0.15) is 36.9 Å². The highest BCUT2D eigenvalue weighted by Crippen LogP contribution is 2.18. The highest BCUT2D eigenvalue weighted by atomic mass is 127. The Balaban J connectivity index is 0.00000363. The number of aliphatic imine (C=N–C) groups is 1. The lowest BCUT2D eigenvalue weighted by atomic mass is 10.2. The molecule has 2 heterocycles. The number of carbonyl (C=O) groups excluding carboxylic acids is 1. The predicted molar refractivity (Wildman–Crippen MR) is 140 cm³/mol. The number of hydrogen-bond donors (Lipinski definition) is 2. The van der Waals surface area contributed by atoms with E-state index in [2.05, 4.69) is 44.7 Å². The van der Waals surface area contributed by atoms with Crippen molar-refractivity contribution in [2.24, 2.45) is 4.99 Å². The summed E-state index contributed by atoms with van der Waals surface area (Å²) in [6, 6.07) is 6.50. The van der Waals surface area contributed by atoms with Gasteiger partial charge in [0.2, 0.25) is 5.91 Å². The number of thiazole rings is 1. The molecule has 0 aliphatic carbocycles. The van der Waals surface area contributed by atoms with Gasteiger partial charge in [-0.3, -0.25) is 9.79 Å². The number of anilines is 1. The fourth-order valence-electron chi connectivity index (χ4n) is 3.36. The highest BCUT2D eigenvalue weighted by Gasteiger charge is 2.21. The normalized spacial score (nSPS) is 14.3. The van der Waals surface area contributed by atoms with Crippen molar-refractivity contribution in [1.29, 1.82) is 0 Å². The summed E-state index contributed by atoms with van der Waals surface area (Å²) in [4.78, 5) is 25.4. The molecule has 1 aliphatic rings. The lowest BCUT2D eigenvalue weighted by Gasteiger charge is -2.36. The van der Waals surface area contributed by atoms with Crippen molar-refractivity contribution in [3.63, 3.8) is 0 Å². The van der Waals surface area contributed by atoms with E-state index < -0.39 is 0 Å². The Bertz CT molecular complexity index is 881. The third-order valence-electron chi connectivity index (χ3n) is 5.25. The number of aromatic nitrogens is 1. The summed E-state index contributed by atoms with van der Waals surface area (Å²) in [5.41, 5.74) is 2.10. The largest absolute Gasteiger partial charge is 0.368 e. The number of nitrogens with zero attached hydrogens (tertiary/aromatic N) is 4. The molecular formula is C22H32FIN6OS. The van der Waals surface area contributed by atoms with Gasteiger partial charge in [-0.15, -0.1) is 35.3 Å². The number of piperazine rings is 1. The van der Waals surface area contributed by atoms with Crippen molar-refractivity contribution >= 4 is 52.9 Å². The fraction of sp³-hybridized carbons (Fsp3) is 0.500. The third-order valence-corrected chi connectivity index (χ3v) is 6.11. The van der Waals surface area contributed by atoms with E-state index in [4.69, 9.17) is 0 Å². The van der Waals surface area contributed by atoms with E-state index in [-0.39, 0.29) is 35.7 Å². The number of amides is 1. The second-order valence-electron chi connectivity index (χ2n) is 7.77. The molecule has 7 nitrogen and oxygen atoms in total. The minimum Gasteiger partial charge on any atom is -0.368 e. The Morgan fingerprint density at radius 1 is 1.19 bits per heavy atom. The van der Waals surface area contributed by atoms with Crippen molar-refractivity contribution < 1.29 is 9.18 Å². The van der Waals surface area contributed by atoms with Gasteiger partial charge in [0.15, 0.2) is 5.96 Å². The van der Waals surface area contributed by atoms with Gasteiger partial charge < -0.3 is 20.4 Å². The Hall–Kier alpha value is -1.95. The molecule has 1 amide bonds. The first-order valence-electron chi connectivity index (χ1n) is 10.6. The number of guanidine groups is 1. The standard InChI is InChI=1S/C22H31FN6OS.HI/c1-16(2)19-15-31-20(27-19)14-26-22(24-3)25-9-8-21(30)29-12-10-28(11-13-29)18-6-4-17(23)5-7-18;/h4-7,15-16H,8-14H2,1-3H3,(H2,24,25,26);1H. The van der Waals surface area contributed by atoms with Crippen LogP contribution in [0.2, 0.25) is 0 Å². The zero-order chi connectivity index (χ0) is 22.2. The van der Waals surface area contributed by atoms with Crippen LogP contribution < -0.4 is 15.5 Å². The Kier molecular flexibility index (Phi) is 10.6. The zero-order valence-corrected chi connectivity index (χ0v) is 22.0. The van der Waals surface area contributed by atoms with Crippen LogP contribution in [-0.4, -0.2) is 61.5 Å². The molecule has 3 rings (SSSR count). The predicted octanol–water partition coefficient (Wildman–Crippen LogP) is 3.43. The molecule has 1 aliphatic heterocycles. The summed E-state index contributed by atoms with van der Waals surface area (Å²) in [6.07, 6.45) is 0.409. The van der Waals surface area contributed by atoms with Crippen molar-refractivity contribution in [3.8, 4) is 0 Å². The fourth-order valence-corrected chi connectivity index (χ4v) is 4.26. The van der Waals surface area contributed by atoms with Gasteiger partial charge in [0.05, 0.1) is 12.2 Å².